The first-order valence-corrected chi connectivity index (χ1v) is 7.34. The van der Waals surface area contributed by atoms with E-state index >= 15 is 0 Å². The van der Waals surface area contributed by atoms with Gasteiger partial charge in [-0.15, -0.1) is 0 Å². The molecule has 2 atom stereocenters. The SMILES string of the molecule is CNS(=O)(=O)NC[C@@H](OC)C(C)CCBr. The van der Waals surface area contributed by atoms with Gasteiger partial charge >= 0.3 is 0 Å². The van der Waals surface area contributed by atoms with E-state index in [1.807, 2.05) is 6.92 Å². The van der Waals surface area contributed by atoms with Crippen LogP contribution in [0.2, 0.25) is 0 Å². The number of hydrogen-bond donors (Lipinski definition) is 2. The molecule has 0 fully saturated rings. The van der Waals surface area contributed by atoms with Crippen LogP contribution >= 0.6 is 15.9 Å². The maximum atomic E-state index is 11.1. The Kier molecular flexibility index (Phi) is 7.72. The van der Waals surface area contributed by atoms with Crippen LogP contribution in [0.1, 0.15) is 13.3 Å². The lowest BCUT2D eigenvalue weighted by Crippen LogP contribution is -2.41. The Morgan fingerprint density at radius 2 is 2.07 bits per heavy atom. The summed E-state index contributed by atoms with van der Waals surface area (Å²) in [6, 6.07) is 0. The molecule has 92 valence electrons. The van der Waals surface area contributed by atoms with Crippen LogP contribution in [0.25, 0.3) is 0 Å². The third-order valence-corrected chi connectivity index (χ3v) is 3.79. The van der Waals surface area contributed by atoms with Crippen molar-refractivity contribution >= 4 is 26.1 Å². The second-order valence-electron chi connectivity index (χ2n) is 3.29. The number of methoxy groups -OCH3 is 1. The largest absolute Gasteiger partial charge is 0.380 e. The van der Waals surface area contributed by atoms with Gasteiger partial charge in [-0.05, 0) is 12.3 Å². The van der Waals surface area contributed by atoms with Crippen LogP contribution < -0.4 is 9.44 Å². The summed E-state index contributed by atoms with van der Waals surface area (Å²) in [6.07, 6.45) is 0.838. The summed E-state index contributed by atoms with van der Waals surface area (Å²) in [5.74, 6) is 0.300. The van der Waals surface area contributed by atoms with E-state index in [1.54, 1.807) is 7.11 Å². The normalized spacial score (nSPS) is 16.3. The topological polar surface area (TPSA) is 67.4 Å². The van der Waals surface area contributed by atoms with Crippen LogP contribution in [-0.4, -0.2) is 40.6 Å². The molecule has 0 amide bonds. The summed E-state index contributed by atoms with van der Waals surface area (Å²) in [5, 5.41) is 0.882. The van der Waals surface area contributed by atoms with Crippen LogP contribution in [0.3, 0.4) is 0 Å². The van der Waals surface area contributed by atoms with Crippen LogP contribution in [0.15, 0.2) is 0 Å². The summed E-state index contributed by atoms with van der Waals surface area (Å²) in [5.41, 5.74) is 0. The molecule has 0 aromatic carbocycles. The third-order valence-electron chi connectivity index (χ3n) is 2.25. The van der Waals surface area contributed by atoms with Crippen molar-refractivity contribution in [2.24, 2.45) is 5.92 Å². The van der Waals surface area contributed by atoms with Gasteiger partial charge in [0.15, 0.2) is 0 Å². The molecule has 5 nitrogen and oxygen atoms in total. The Balaban J connectivity index is 4.11. The van der Waals surface area contributed by atoms with Gasteiger partial charge < -0.3 is 4.74 Å². The van der Waals surface area contributed by atoms with Crippen LogP contribution in [0, 0.1) is 5.92 Å². The predicted octanol–water partition coefficient (Wildman–Crippen LogP) is 0.476. The molecule has 0 spiro atoms. The molecule has 1 unspecified atom stereocenters. The van der Waals surface area contributed by atoms with Crippen molar-refractivity contribution in [3.05, 3.63) is 0 Å². The van der Waals surface area contributed by atoms with E-state index in [9.17, 15) is 8.42 Å². The minimum atomic E-state index is -3.36. The third kappa shape index (κ3) is 6.47. The molecule has 0 aromatic rings. The second kappa shape index (κ2) is 7.56. The molecule has 7 heteroatoms. The highest BCUT2D eigenvalue weighted by Crippen LogP contribution is 2.12. The van der Waals surface area contributed by atoms with E-state index in [0.717, 1.165) is 11.8 Å². The zero-order valence-electron chi connectivity index (χ0n) is 9.29. The first-order valence-electron chi connectivity index (χ1n) is 4.73. The molecule has 0 aliphatic rings. The summed E-state index contributed by atoms with van der Waals surface area (Å²) in [4.78, 5) is 0. The highest BCUT2D eigenvalue weighted by atomic mass is 79.9. The average Bonchev–Trinajstić information content (AvgIpc) is 2.19. The quantitative estimate of drug-likeness (QED) is 0.641. The number of alkyl halides is 1. The van der Waals surface area contributed by atoms with Crippen molar-refractivity contribution in [3.8, 4) is 0 Å². The van der Waals surface area contributed by atoms with Crippen LogP contribution in [-0.2, 0) is 14.9 Å². The molecule has 0 saturated heterocycles. The Morgan fingerprint density at radius 3 is 2.47 bits per heavy atom. The second-order valence-corrected chi connectivity index (χ2v) is 5.78. The van der Waals surface area contributed by atoms with Crippen LogP contribution in [0.4, 0.5) is 0 Å². The van der Waals surface area contributed by atoms with Crippen molar-refractivity contribution in [2.75, 3.05) is 26.0 Å². The zero-order chi connectivity index (χ0) is 11.9. The molecule has 0 radical (unpaired) electrons. The molecule has 0 bridgehead atoms. The lowest BCUT2D eigenvalue weighted by Gasteiger charge is -2.22. The Morgan fingerprint density at radius 1 is 1.47 bits per heavy atom. The van der Waals surface area contributed by atoms with Gasteiger partial charge in [-0.2, -0.15) is 13.1 Å². The highest BCUT2D eigenvalue weighted by molar-refractivity contribution is 9.09. The van der Waals surface area contributed by atoms with Gasteiger partial charge in [-0.3, -0.25) is 0 Å². The Labute approximate surface area is 100 Å². The first-order chi connectivity index (χ1) is 6.96. The lowest BCUT2D eigenvalue weighted by molar-refractivity contribution is 0.0617. The minimum absolute atomic E-state index is 0.106. The molecule has 15 heavy (non-hydrogen) atoms. The van der Waals surface area contributed by atoms with Crippen molar-refractivity contribution in [1.29, 1.82) is 0 Å². The lowest BCUT2D eigenvalue weighted by atomic mass is 10.0. The molecule has 0 aliphatic carbocycles. The highest BCUT2D eigenvalue weighted by Gasteiger charge is 2.18. The number of ether oxygens (including phenoxy) is 1. The van der Waals surface area contributed by atoms with Gasteiger partial charge in [0, 0.05) is 26.0 Å². The molecule has 0 heterocycles. The number of halogens is 1. The van der Waals surface area contributed by atoms with Crippen LogP contribution in [0.5, 0.6) is 0 Å². The smallest absolute Gasteiger partial charge is 0.276 e. The van der Waals surface area contributed by atoms with E-state index in [4.69, 9.17) is 4.74 Å². The molecule has 0 saturated carbocycles. The Hall–Kier alpha value is 0.310. The van der Waals surface area contributed by atoms with Gasteiger partial charge in [0.05, 0.1) is 6.10 Å². The standard InChI is InChI=1S/C8H19BrN2O3S/c1-7(4-5-9)8(14-3)6-11-15(12,13)10-2/h7-8,10-11H,4-6H2,1-3H3/t7?,8-/m1/s1. The van der Waals surface area contributed by atoms with Gasteiger partial charge in [-0.25, -0.2) is 4.72 Å². The predicted molar refractivity (Wildman–Crippen MR) is 64.4 cm³/mol. The summed E-state index contributed by atoms with van der Waals surface area (Å²) in [7, 11) is -0.411. The summed E-state index contributed by atoms with van der Waals surface area (Å²) >= 11 is 3.35. The fraction of sp³-hybridized carbons (Fsp3) is 1.00. The van der Waals surface area contributed by atoms with Crippen molar-refractivity contribution in [2.45, 2.75) is 19.4 Å². The van der Waals surface area contributed by atoms with Crippen molar-refractivity contribution in [3.63, 3.8) is 0 Å². The first kappa shape index (κ1) is 15.3. The number of rotatable bonds is 8. The van der Waals surface area contributed by atoms with Crippen molar-refractivity contribution in [1.82, 2.24) is 9.44 Å². The van der Waals surface area contributed by atoms with E-state index in [1.165, 1.54) is 7.05 Å². The van der Waals surface area contributed by atoms with Gasteiger partial charge in [0.1, 0.15) is 0 Å². The van der Waals surface area contributed by atoms with Gasteiger partial charge in [-0.1, -0.05) is 22.9 Å². The van der Waals surface area contributed by atoms with E-state index in [2.05, 4.69) is 25.4 Å². The molecular formula is C8H19BrN2O3S. The average molecular weight is 303 g/mol. The van der Waals surface area contributed by atoms with E-state index in [-0.39, 0.29) is 12.6 Å². The number of nitrogens with one attached hydrogen (secondary N) is 2. The van der Waals surface area contributed by atoms with E-state index < -0.39 is 10.2 Å². The fourth-order valence-electron chi connectivity index (χ4n) is 1.14. The van der Waals surface area contributed by atoms with Gasteiger partial charge in [0.2, 0.25) is 0 Å². The number of hydrogen-bond acceptors (Lipinski definition) is 3. The monoisotopic (exact) mass is 302 g/mol. The molecule has 0 aliphatic heterocycles. The molecule has 0 aromatic heterocycles. The van der Waals surface area contributed by atoms with Crippen molar-refractivity contribution < 1.29 is 13.2 Å². The zero-order valence-corrected chi connectivity index (χ0v) is 11.7. The fourth-order valence-corrected chi connectivity index (χ4v) is 2.39. The molecule has 2 N–H and O–H groups in total. The molecular weight excluding hydrogens is 284 g/mol. The summed E-state index contributed by atoms with van der Waals surface area (Å²) in [6.45, 7) is 2.32. The van der Waals surface area contributed by atoms with Gasteiger partial charge in [0.25, 0.3) is 10.2 Å². The maximum absolute atomic E-state index is 11.1. The summed E-state index contributed by atoms with van der Waals surface area (Å²) < 4.78 is 32.1. The van der Waals surface area contributed by atoms with E-state index in [0.29, 0.717) is 5.92 Å². The minimum Gasteiger partial charge on any atom is -0.380 e. The maximum Gasteiger partial charge on any atom is 0.276 e. The molecule has 0 rings (SSSR count). The Bertz CT molecular complexity index is 259.